The van der Waals surface area contributed by atoms with Crippen LogP contribution in [-0.2, 0) is 32.8 Å². The van der Waals surface area contributed by atoms with Crippen LogP contribution in [0.15, 0.2) is 66.9 Å². The van der Waals surface area contributed by atoms with E-state index in [1.165, 1.54) is 4.90 Å². The summed E-state index contributed by atoms with van der Waals surface area (Å²) in [7, 11) is 3.13. The second-order valence-electron chi connectivity index (χ2n) is 11.0. The summed E-state index contributed by atoms with van der Waals surface area (Å²) in [5.74, 6) is -1.45. The molecule has 9 nitrogen and oxygen atoms in total. The van der Waals surface area contributed by atoms with Gasteiger partial charge in [-0.3, -0.25) is 24.6 Å². The lowest BCUT2D eigenvalue weighted by molar-refractivity contribution is -0.142. The highest BCUT2D eigenvalue weighted by Gasteiger charge is 2.70. The van der Waals surface area contributed by atoms with E-state index < -0.39 is 23.4 Å². The normalized spacial score (nSPS) is 24.4. The van der Waals surface area contributed by atoms with Gasteiger partial charge in [0.2, 0.25) is 17.7 Å². The number of carbonyl (C=O) groups is 3. The summed E-state index contributed by atoms with van der Waals surface area (Å²) in [6, 6.07) is 18.2. The van der Waals surface area contributed by atoms with Crippen molar-refractivity contribution in [2.45, 2.75) is 24.4 Å². The lowest BCUT2D eigenvalue weighted by Gasteiger charge is -2.29. The number of nitrogens with one attached hydrogen (secondary N) is 3. The van der Waals surface area contributed by atoms with Crippen molar-refractivity contribution < 1.29 is 23.9 Å². The molecule has 4 heterocycles. The molecule has 0 aliphatic carbocycles. The first-order valence-electron chi connectivity index (χ1n) is 13.9. The van der Waals surface area contributed by atoms with Crippen LogP contribution in [0.25, 0.3) is 10.9 Å². The molecule has 0 radical (unpaired) electrons. The number of hydrogen-bond acceptors (Lipinski definition) is 6. The molecule has 3 amide bonds. The lowest BCUT2D eigenvalue weighted by Crippen LogP contribution is -2.53. The van der Waals surface area contributed by atoms with E-state index in [1.54, 1.807) is 38.5 Å². The number of likely N-dealkylation sites (tertiary alicyclic amines) is 1. The van der Waals surface area contributed by atoms with Gasteiger partial charge in [-0.1, -0.05) is 35.9 Å². The number of carbonyl (C=O) groups excluding carboxylic acids is 3. The Morgan fingerprint density at radius 3 is 2.57 bits per heavy atom. The quantitative estimate of drug-likeness (QED) is 0.283. The third kappa shape index (κ3) is 3.84. The largest absolute Gasteiger partial charge is 0.493 e. The van der Waals surface area contributed by atoms with Gasteiger partial charge in [0, 0.05) is 46.0 Å². The summed E-state index contributed by atoms with van der Waals surface area (Å²) in [4.78, 5) is 46.8. The average molecular weight is 585 g/mol. The van der Waals surface area contributed by atoms with Crippen molar-refractivity contribution in [1.82, 2.24) is 15.2 Å². The number of hydrogen-bond donors (Lipinski definition) is 3. The number of rotatable bonds is 7. The molecule has 3 aliphatic heterocycles. The number of ether oxygens (including phenoxy) is 2. The molecule has 3 aromatic carbocycles. The third-order valence-electron chi connectivity index (χ3n) is 8.96. The number of para-hydroxylation sites is 1. The van der Waals surface area contributed by atoms with Crippen molar-refractivity contribution >= 4 is 45.9 Å². The fraction of sp³-hybridized carbons (Fsp3) is 0.281. The van der Waals surface area contributed by atoms with Gasteiger partial charge in [0.15, 0.2) is 11.5 Å². The van der Waals surface area contributed by atoms with Gasteiger partial charge in [-0.25, -0.2) is 0 Å². The number of amides is 3. The molecule has 214 valence electrons. The maximum Gasteiger partial charge on any atom is 0.250 e. The summed E-state index contributed by atoms with van der Waals surface area (Å²) in [6.07, 6.45) is 2.82. The molecule has 3 aliphatic rings. The Kier molecular flexibility index (Phi) is 6.25. The molecule has 42 heavy (non-hydrogen) atoms. The predicted octanol–water partition coefficient (Wildman–Crippen LogP) is 4.04. The number of aromatic nitrogens is 1. The number of H-pyrrole nitrogens is 1. The molecule has 0 bridgehead atoms. The van der Waals surface area contributed by atoms with E-state index in [-0.39, 0.29) is 24.3 Å². The van der Waals surface area contributed by atoms with Crippen molar-refractivity contribution in [2.75, 3.05) is 26.1 Å². The van der Waals surface area contributed by atoms with Crippen LogP contribution in [0.3, 0.4) is 0 Å². The van der Waals surface area contributed by atoms with E-state index in [0.29, 0.717) is 40.6 Å². The number of halogens is 1. The predicted molar refractivity (Wildman–Crippen MR) is 158 cm³/mol. The van der Waals surface area contributed by atoms with Gasteiger partial charge in [0.1, 0.15) is 5.54 Å². The van der Waals surface area contributed by atoms with E-state index in [4.69, 9.17) is 21.1 Å². The Morgan fingerprint density at radius 1 is 0.952 bits per heavy atom. The van der Waals surface area contributed by atoms with E-state index >= 15 is 0 Å². The third-order valence-corrected chi connectivity index (χ3v) is 9.19. The zero-order chi connectivity index (χ0) is 29.2. The van der Waals surface area contributed by atoms with E-state index in [9.17, 15) is 14.4 Å². The molecular weight excluding hydrogens is 556 g/mol. The SMILES string of the molecule is COc1ccc(CCN2C(=O)[C@@H]3[C@H](Cc4c[nH]c5ccccc45)N[C@]4(C(=O)Nc5ccc(Cl)cc54)[C@@H]3C2=O)cc1OC. The summed E-state index contributed by atoms with van der Waals surface area (Å²) < 4.78 is 10.8. The summed E-state index contributed by atoms with van der Waals surface area (Å²) in [5, 5.41) is 7.93. The smallest absolute Gasteiger partial charge is 0.250 e. The van der Waals surface area contributed by atoms with Gasteiger partial charge in [-0.2, -0.15) is 0 Å². The van der Waals surface area contributed by atoms with Crippen LogP contribution in [0.4, 0.5) is 5.69 Å². The minimum Gasteiger partial charge on any atom is -0.493 e. The van der Waals surface area contributed by atoms with Crippen molar-refractivity contribution in [3.63, 3.8) is 0 Å². The first-order valence-corrected chi connectivity index (χ1v) is 14.2. The maximum absolute atomic E-state index is 14.2. The van der Waals surface area contributed by atoms with Crippen LogP contribution < -0.4 is 20.1 Å². The van der Waals surface area contributed by atoms with Crippen molar-refractivity contribution in [1.29, 1.82) is 0 Å². The first-order chi connectivity index (χ1) is 20.3. The molecule has 1 aromatic heterocycles. The number of benzene rings is 3. The molecule has 2 fully saturated rings. The molecular formula is C32H29ClN4O5. The van der Waals surface area contributed by atoms with Crippen LogP contribution in [0.5, 0.6) is 11.5 Å². The average Bonchev–Trinajstić information content (AvgIpc) is 3.71. The number of fused-ring (bicyclic) bond motifs is 5. The van der Waals surface area contributed by atoms with E-state index in [2.05, 4.69) is 15.6 Å². The van der Waals surface area contributed by atoms with Crippen LogP contribution >= 0.6 is 11.6 Å². The molecule has 1 spiro atoms. The molecule has 4 atom stereocenters. The molecule has 4 aromatic rings. The van der Waals surface area contributed by atoms with E-state index in [0.717, 1.165) is 22.0 Å². The van der Waals surface area contributed by atoms with Crippen LogP contribution in [-0.4, -0.2) is 54.4 Å². The summed E-state index contributed by atoms with van der Waals surface area (Å²) in [6.45, 7) is 0.181. The second kappa shape index (κ2) is 9.89. The number of methoxy groups -OCH3 is 2. The second-order valence-corrected chi connectivity index (χ2v) is 11.5. The van der Waals surface area contributed by atoms with Crippen LogP contribution in [0.2, 0.25) is 5.02 Å². The van der Waals surface area contributed by atoms with E-state index in [1.807, 2.05) is 42.6 Å². The maximum atomic E-state index is 14.2. The highest BCUT2D eigenvalue weighted by atomic mass is 35.5. The molecule has 7 rings (SSSR count). The van der Waals surface area contributed by atoms with Gasteiger partial charge in [0.05, 0.1) is 26.1 Å². The number of imide groups is 1. The monoisotopic (exact) mass is 584 g/mol. The Bertz CT molecular complexity index is 1770. The highest BCUT2D eigenvalue weighted by molar-refractivity contribution is 6.31. The fourth-order valence-corrected chi connectivity index (χ4v) is 7.22. The standard InChI is InChI=1S/C32H29ClN4O5/c1-41-25-10-7-17(13-26(25)42-2)11-12-37-29(38)27-24(14-18-16-34-22-6-4-3-5-20(18)22)36-32(28(27)30(37)39)21-15-19(33)8-9-23(21)35-31(32)40/h3-10,13,15-16,24,27-28,34,36H,11-12,14H2,1-2H3,(H,35,40)/t24-,27+,28-,32-/m0/s1. The summed E-state index contributed by atoms with van der Waals surface area (Å²) in [5.41, 5.74) is 2.66. The highest BCUT2D eigenvalue weighted by Crippen LogP contribution is 2.54. The van der Waals surface area contributed by atoms with Crippen LogP contribution in [0, 0.1) is 11.8 Å². The Hall–Kier alpha value is -4.34. The first kappa shape index (κ1) is 26.6. The van der Waals surface area contributed by atoms with Gasteiger partial charge < -0.3 is 19.8 Å². The molecule has 0 unspecified atom stereocenters. The molecule has 2 saturated heterocycles. The number of nitrogens with zero attached hydrogens (tertiary/aromatic N) is 1. The zero-order valence-corrected chi connectivity index (χ0v) is 23.8. The molecule has 3 N–H and O–H groups in total. The topological polar surface area (TPSA) is 113 Å². The van der Waals surface area contributed by atoms with Crippen molar-refractivity contribution in [3.8, 4) is 11.5 Å². The van der Waals surface area contributed by atoms with Gasteiger partial charge in [-0.15, -0.1) is 0 Å². The Balaban J connectivity index is 1.26. The number of anilines is 1. The van der Waals surface area contributed by atoms with Crippen molar-refractivity contribution in [2.24, 2.45) is 11.8 Å². The molecule has 10 heteroatoms. The number of aromatic amines is 1. The van der Waals surface area contributed by atoms with Gasteiger partial charge >= 0.3 is 0 Å². The summed E-state index contributed by atoms with van der Waals surface area (Å²) >= 11 is 6.40. The minimum absolute atomic E-state index is 0.181. The lowest BCUT2D eigenvalue weighted by atomic mass is 9.76. The minimum atomic E-state index is -1.41. The van der Waals surface area contributed by atoms with Gasteiger partial charge in [0.25, 0.3) is 0 Å². The zero-order valence-electron chi connectivity index (χ0n) is 23.1. The van der Waals surface area contributed by atoms with Gasteiger partial charge in [-0.05, 0) is 60.4 Å². The van der Waals surface area contributed by atoms with Crippen LogP contribution in [0.1, 0.15) is 16.7 Å². The molecule has 0 saturated carbocycles. The fourth-order valence-electron chi connectivity index (χ4n) is 7.04. The Morgan fingerprint density at radius 2 is 1.76 bits per heavy atom. The van der Waals surface area contributed by atoms with Crippen molar-refractivity contribution in [3.05, 3.63) is 88.6 Å². The Labute approximate surface area is 247 Å².